The van der Waals surface area contributed by atoms with Crippen molar-refractivity contribution in [1.29, 1.82) is 0 Å². The molecule has 2 N–H and O–H groups in total. The van der Waals surface area contributed by atoms with Crippen molar-refractivity contribution in [2.45, 2.75) is 0 Å². The number of ether oxygens (including phenoxy) is 1. The maximum Gasteiger partial charge on any atom is 0.255 e. The molecule has 25 heavy (non-hydrogen) atoms. The highest BCUT2D eigenvalue weighted by atomic mass is 79.9. The third-order valence-electron chi connectivity index (χ3n) is 3.61. The molecule has 0 aliphatic rings. The molecule has 5 heteroatoms. The molecule has 0 aromatic heterocycles. The zero-order chi connectivity index (χ0) is 17.6. The average Bonchev–Trinajstić information content (AvgIpc) is 2.65. The van der Waals surface area contributed by atoms with Crippen molar-refractivity contribution in [3.05, 3.63) is 82.8 Å². The summed E-state index contributed by atoms with van der Waals surface area (Å²) in [7, 11) is 1.58. The average molecular weight is 397 g/mol. The Morgan fingerprint density at radius 3 is 2.12 bits per heavy atom. The molecule has 0 fully saturated rings. The van der Waals surface area contributed by atoms with Crippen LogP contribution in [-0.2, 0) is 0 Å². The Kier molecular flexibility index (Phi) is 5.36. The molecule has 126 valence electrons. The van der Waals surface area contributed by atoms with E-state index in [4.69, 9.17) is 4.74 Å². The number of nitrogens with one attached hydrogen (secondary N) is 2. The van der Waals surface area contributed by atoms with Gasteiger partial charge in [-0.15, -0.1) is 0 Å². The Balaban J connectivity index is 1.65. The molecular formula is C20H17BrN2O2. The SMILES string of the molecule is COc1cccc(C(=O)Nc2ccc(Nc3ccc(Br)cc3)cc2)c1. The van der Waals surface area contributed by atoms with E-state index in [0.717, 1.165) is 21.5 Å². The summed E-state index contributed by atoms with van der Waals surface area (Å²) in [5.74, 6) is 0.481. The van der Waals surface area contributed by atoms with Gasteiger partial charge in [0.2, 0.25) is 0 Å². The van der Waals surface area contributed by atoms with Gasteiger partial charge in [0.15, 0.2) is 0 Å². The second-order valence-corrected chi connectivity index (χ2v) is 6.31. The number of carbonyl (C=O) groups is 1. The summed E-state index contributed by atoms with van der Waals surface area (Å²) in [5, 5.41) is 6.19. The van der Waals surface area contributed by atoms with Gasteiger partial charge < -0.3 is 15.4 Å². The first kappa shape index (κ1) is 17.0. The highest BCUT2D eigenvalue weighted by Crippen LogP contribution is 2.21. The van der Waals surface area contributed by atoms with Crippen LogP contribution in [0.3, 0.4) is 0 Å². The monoisotopic (exact) mass is 396 g/mol. The second kappa shape index (κ2) is 7.85. The Hall–Kier alpha value is -2.79. The fraction of sp³-hybridized carbons (Fsp3) is 0.0500. The Morgan fingerprint density at radius 1 is 0.880 bits per heavy atom. The van der Waals surface area contributed by atoms with Crippen LogP contribution in [0.2, 0.25) is 0 Å². The molecule has 4 nitrogen and oxygen atoms in total. The van der Waals surface area contributed by atoms with E-state index in [1.165, 1.54) is 0 Å². The van der Waals surface area contributed by atoms with Crippen LogP contribution in [0.15, 0.2) is 77.3 Å². The van der Waals surface area contributed by atoms with Gasteiger partial charge in [-0.2, -0.15) is 0 Å². The minimum Gasteiger partial charge on any atom is -0.497 e. The summed E-state index contributed by atoms with van der Waals surface area (Å²) < 4.78 is 6.18. The molecule has 0 saturated heterocycles. The van der Waals surface area contributed by atoms with E-state index in [-0.39, 0.29) is 5.91 Å². The van der Waals surface area contributed by atoms with Crippen molar-refractivity contribution in [3.63, 3.8) is 0 Å². The summed E-state index contributed by atoms with van der Waals surface area (Å²) in [6.45, 7) is 0. The number of hydrogen-bond donors (Lipinski definition) is 2. The van der Waals surface area contributed by atoms with Gasteiger partial charge in [0.25, 0.3) is 5.91 Å². The zero-order valence-corrected chi connectivity index (χ0v) is 15.2. The largest absolute Gasteiger partial charge is 0.497 e. The lowest BCUT2D eigenvalue weighted by atomic mass is 10.2. The number of halogens is 1. The van der Waals surface area contributed by atoms with E-state index in [1.54, 1.807) is 31.4 Å². The molecule has 0 unspecified atom stereocenters. The zero-order valence-electron chi connectivity index (χ0n) is 13.6. The smallest absolute Gasteiger partial charge is 0.255 e. The first-order valence-electron chi connectivity index (χ1n) is 7.72. The van der Waals surface area contributed by atoms with Crippen LogP contribution < -0.4 is 15.4 Å². The van der Waals surface area contributed by atoms with Gasteiger partial charge in [-0.05, 0) is 66.7 Å². The number of methoxy groups -OCH3 is 1. The lowest BCUT2D eigenvalue weighted by Gasteiger charge is -2.09. The topological polar surface area (TPSA) is 50.4 Å². The molecule has 3 aromatic carbocycles. The Labute approximate surface area is 155 Å². The van der Waals surface area contributed by atoms with Crippen LogP contribution in [0.5, 0.6) is 5.75 Å². The van der Waals surface area contributed by atoms with Crippen LogP contribution in [0.4, 0.5) is 17.1 Å². The number of rotatable bonds is 5. The van der Waals surface area contributed by atoms with E-state index in [1.807, 2.05) is 48.5 Å². The quantitative estimate of drug-likeness (QED) is 0.602. The summed E-state index contributed by atoms with van der Waals surface area (Å²) >= 11 is 3.42. The second-order valence-electron chi connectivity index (χ2n) is 5.40. The molecule has 0 heterocycles. The van der Waals surface area contributed by atoms with Gasteiger partial charge in [0.1, 0.15) is 5.75 Å². The van der Waals surface area contributed by atoms with Crippen LogP contribution in [-0.4, -0.2) is 13.0 Å². The predicted molar refractivity (Wildman–Crippen MR) is 105 cm³/mol. The fourth-order valence-electron chi connectivity index (χ4n) is 2.30. The number of hydrogen-bond acceptors (Lipinski definition) is 3. The summed E-state index contributed by atoms with van der Waals surface area (Å²) in [6.07, 6.45) is 0. The Bertz CT molecular complexity index is 862. The third-order valence-corrected chi connectivity index (χ3v) is 4.14. The van der Waals surface area contributed by atoms with Gasteiger partial charge >= 0.3 is 0 Å². The normalized spacial score (nSPS) is 10.2. The van der Waals surface area contributed by atoms with Crippen molar-refractivity contribution >= 4 is 38.9 Å². The molecule has 1 amide bonds. The third kappa shape index (κ3) is 4.61. The summed E-state index contributed by atoms with van der Waals surface area (Å²) in [5.41, 5.74) is 3.23. The van der Waals surface area contributed by atoms with Crippen molar-refractivity contribution in [1.82, 2.24) is 0 Å². The molecule has 0 radical (unpaired) electrons. The van der Waals surface area contributed by atoms with Crippen LogP contribution in [0, 0.1) is 0 Å². The highest BCUT2D eigenvalue weighted by molar-refractivity contribution is 9.10. The minimum atomic E-state index is -0.174. The molecule has 3 rings (SSSR count). The summed E-state index contributed by atoms with van der Waals surface area (Å²) in [4.78, 5) is 12.3. The van der Waals surface area contributed by atoms with E-state index < -0.39 is 0 Å². The molecule has 0 aliphatic heterocycles. The standard InChI is InChI=1S/C20H17BrN2O2/c1-25-19-4-2-3-14(13-19)20(24)23-18-11-9-17(10-12-18)22-16-7-5-15(21)6-8-16/h2-13,22H,1H3,(H,23,24). The lowest BCUT2D eigenvalue weighted by molar-refractivity contribution is 0.102. The Morgan fingerprint density at radius 2 is 1.48 bits per heavy atom. The predicted octanol–water partition coefficient (Wildman–Crippen LogP) is 5.45. The molecule has 0 bridgehead atoms. The molecule has 0 aliphatic carbocycles. The summed E-state index contributed by atoms with van der Waals surface area (Å²) in [6, 6.07) is 22.5. The van der Waals surface area contributed by atoms with E-state index in [9.17, 15) is 4.79 Å². The lowest BCUT2D eigenvalue weighted by Crippen LogP contribution is -2.11. The van der Waals surface area contributed by atoms with Crippen molar-refractivity contribution in [2.24, 2.45) is 0 Å². The van der Waals surface area contributed by atoms with Crippen molar-refractivity contribution < 1.29 is 9.53 Å². The molecule has 0 atom stereocenters. The van der Waals surface area contributed by atoms with E-state index in [2.05, 4.69) is 26.6 Å². The van der Waals surface area contributed by atoms with Gasteiger partial charge in [-0.3, -0.25) is 4.79 Å². The van der Waals surface area contributed by atoms with Crippen LogP contribution >= 0.6 is 15.9 Å². The van der Waals surface area contributed by atoms with Crippen LogP contribution in [0.1, 0.15) is 10.4 Å². The minimum absolute atomic E-state index is 0.174. The van der Waals surface area contributed by atoms with E-state index in [0.29, 0.717) is 11.3 Å². The number of anilines is 3. The van der Waals surface area contributed by atoms with Gasteiger partial charge in [-0.1, -0.05) is 22.0 Å². The number of benzene rings is 3. The maximum absolute atomic E-state index is 12.3. The molecular weight excluding hydrogens is 380 g/mol. The first-order valence-corrected chi connectivity index (χ1v) is 8.51. The maximum atomic E-state index is 12.3. The van der Waals surface area contributed by atoms with Crippen LogP contribution in [0.25, 0.3) is 0 Å². The molecule has 0 spiro atoms. The van der Waals surface area contributed by atoms with Crippen molar-refractivity contribution in [3.8, 4) is 5.75 Å². The first-order chi connectivity index (χ1) is 12.1. The van der Waals surface area contributed by atoms with Crippen molar-refractivity contribution in [2.75, 3.05) is 17.7 Å². The molecule has 3 aromatic rings. The van der Waals surface area contributed by atoms with E-state index >= 15 is 0 Å². The number of carbonyl (C=O) groups excluding carboxylic acids is 1. The fourth-order valence-corrected chi connectivity index (χ4v) is 2.57. The van der Waals surface area contributed by atoms with Gasteiger partial charge in [0.05, 0.1) is 7.11 Å². The molecule has 0 saturated carbocycles. The van der Waals surface area contributed by atoms with Gasteiger partial charge in [-0.25, -0.2) is 0 Å². The van der Waals surface area contributed by atoms with Gasteiger partial charge in [0, 0.05) is 27.1 Å². The highest BCUT2D eigenvalue weighted by Gasteiger charge is 2.07. The number of amides is 1.